The molecule has 1 saturated heterocycles. The van der Waals surface area contributed by atoms with Crippen LogP contribution in [0.1, 0.15) is 13.3 Å². The van der Waals surface area contributed by atoms with Gasteiger partial charge in [-0.05, 0) is 6.42 Å². The molecule has 1 heterocycles. The van der Waals surface area contributed by atoms with Crippen molar-refractivity contribution in [3.8, 4) is 0 Å². The highest BCUT2D eigenvalue weighted by Gasteiger charge is 2.26. The van der Waals surface area contributed by atoms with E-state index in [0.717, 1.165) is 0 Å². The smallest absolute Gasteiger partial charge is 0.152 e. The van der Waals surface area contributed by atoms with E-state index in [-0.39, 0.29) is 24.6 Å². The van der Waals surface area contributed by atoms with Crippen LogP contribution < -0.4 is 0 Å². The Morgan fingerprint density at radius 3 is 2.29 bits per heavy atom. The van der Waals surface area contributed by atoms with Gasteiger partial charge in [-0.15, -0.1) is 0 Å². The number of hydrogen-bond donors (Lipinski definition) is 1. The lowest BCUT2D eigenvalue weighted by Crippen LogP contribution is -2.43. The lowest BCUT2D eigenvalue weighted by molar-refractivity contribution is 0.457. The predicted octanol–water partition coefficient (Wildman–Crippen LogP) is 0.0886. The summed E-state index contributed by atoms with van der Waals surface area (Å²) >= 11 is 0. The quantitative estimate of drug-likeness (QED) is 0.759. The predicted molar refractivity (Wildman–Crippen MR) is 56.2 cm³/mol. The third-order valence-electron chi connectivity index (χ3n) is 2.20. The van der Waals surface area contributed by atoms with E-state index in [1.54, 1.807) is 0 Å². The van der Waals surface area contributed by atoms with Crippen LogP contribution >= 0.6 is 0 Å². The molecular weight excluding hydrogens is 224 g/mol. The molecule has 14 heavy (non-hydrogen) atoms. The fourth-order valence-corrected chi connectivity index (χ4v) is 4.41. The van der Waals surface area contributed by atoms with Crippen molar-refractivity contribution >= 4 is 19.8 Å². The molecule has 0 bridgehead atoms. The van der Waals surface area contributed by atoms with Crippen LogP contribution in [0.2, 0.25) is 0 Å². The SMILES string of the molecule is CCCS(=N)(=O)N1CCS(=O)(=O)CC1. The first-order valence-electron chi connectivity index (χ1n) is 4.59. The summed E-state index contributed by atoms with van der Waals surface area (Å²) in [6.45, 7) is 2.35. The standard InChI is InChI=1S/C7H16N2O3S2/c1-2-5-14(8,12)9-3-6-13(10,11)7-4-9/h8H,2-7H2,1H3. The van der Waals surface area contributed by atoms with Crippen LogP contribution in [0.15, 0.2) is 0 Å². The molecule has 0 aromatic rings. The summed E-state index contributed by atoms with van der Waals surface area (Å²) in [6, 6.07) is 0. The molecule has 1 fully saturated rings. The number of rotatable bonds is 3. The Labute approximate surface area is 85.5 Å². The van der Waals surface area contributed by atoms with E-state index in [4.69, 9.17) is 4.78 Å². The van der Waals surface area contributed by atoms with Gasteiger partial charge in [0.05, 0.1) is 11.5 Å². The molecule has 0 aromatic carbocycles. The third kappa shape index (κ3) is 2.93. The largest absolute Gasteiger partial charge is 0.240 e. The normalized spacial score (nSPS) is 26.9. The Hall–Kier alpha value is -0.140. The Bertz CT molecular complexity index is 371. The number of nitrogens with one attached hydrogen (secondary N) is 1. The van der Waals surface area contributed by atoms with Crippen LogP contribution in [0.4, 0.5) is 0 Å². The molecule has 1 rings (SSSR count). The van der Waals surface area contributed by atoms with Crippen molar-refractivity contribution in [1.29, 1.82) is 4.78 Å². The van der Waals surface area contributed by atoms with Gasteiger partial charge >= 0.3 is 0 Å². The first-order valence-corrected chi connectivity index (χ1v) is 8.10. The van der Waals surface area contributed by atoms with E-state index >= 15 is 0 Å². The van der Waals surface area contributed by atoms with Crippen LogP contribution in [0.25, 0.3) is 0 Å². The molecule has 7 heteroatoms. The van der Waals surface area contributed by atoms with Gasteiger partial charge in [-0.25, -0.2) is 21.7 Å². The number of hydrogen-bond acceptors (Lipinski definition) is 4. The summed E-state index contributed by atoms with van der Waals surface area (Å²) in [7, 11) is -5.66. The summed E-state index contributed by atoms with van der Waals surface area (Å²) < 4.78 is 43.1. The zero-order valence-electron chi connectivity index (χ0n) is 8.23. The van der Waals surface area contributed by atoms with Crippen molar-refractivity contribution in [1.82, 2.24) is 4.31 Å². The molecule has 0 radical (unpaired) electrons. The second-order valence-corrected chi connectivity index (χ2v) is 7.93. The van der Waals surface area contributed by atoms with Crippen LogP contribution in [-0.2, 0) is 19.8 Å². The van der Waals surface area contributed by atoms with Crippen molar-refractivity contribution in [3.63, 3.8) is 0 Å². The zero-order chi connectivity index (χ0) is 10.8. The van der Waals surface area contributed by atoms with Gasteiger partial charge in [-0.2, -0.15) is 0 Å². The lowest BCUT2D eigenvalue weighted by atomic mass is 10.6. The lowest BCUT2D eigenvalue weighted by Gasteiger charge is -2.27. The molecule has 0 aliphatic carbocycles. The van der Waals surface area contributed by atoms with Gasteiger partial charge < -0.3 is 0 Å². The first-order chi connectivity index (χ1) is 6.37. The van der Waals surface area contributed by atoms with Gasteiger partial charge in [0.25, 0.3) is 0 Å². The van der Waals surface area contributed by atoms with Crippen molar-refractivity contribution in [2.24, 2.45) is 0 Å². The highest BCUT2D eigenvalue weighted by Crippen LogP contribution is 2.10. The van der Waals surface area contributed by atoms with E-state index < -0.39 is 19.8 Å². The first kappa shape index (κ1) is 11.9. The van der Waals surface area contributed by atoms with Crippen LogP contribution in [-0.4, -0.2) is 47.3 Å². The van der Waals surface area contributed by atoms with Gasteiger partial charge in [-0.3, -0.25) is 0 Å². The second-order valence-electron chi connectivity index (χ2n) is 3.43. The molecule has 5 nitrogen and oxygen atoms in total. The fraction of sp³-hybridized carbons (Fsp3) is 1.00. The van der Waals surface area contributed by atoms with Crippen molar-refractivity contribution in [2.75, 3.05) is 30.3 Å². The number of sulfone groups is 1. The molecule has 1 unspecified atom stereocenters. The average Bonchev–Trinajstić information content (AvgIpc) is 2.03. The Balaban J connectivity index is 2.67. The Morgan fingerprint density at radius 2 is 1.86 bits per heavy atom. The molecule has 1 aliphatic heterocycles. The highest BCUT2D eigenvalue weighted by atomic mass is 32.2. The molecule has 1 aliphatic rings. The van der Waals surface area contributed by atoms with Gasteiger partial charge in [-0.1, -0.05) is 6.92 Å². The molecule has 0 amide bonds. The van der Waals surface area contributed by atoms with E-state index in [1.165, 1.54) is 4.31 Å². The minimum absolute atomic E-state index is 0.0343. The summed E-state index contributed by atoms with van der Waals surface area (Å²) in [5.74, 6) is 0.395. The molecule has 84 valence electrons. The van der Waals surface area contributed by atoms with Crippen molar-refractivity contribution < 1.29 is 12.6 Å². The maximum Gasteiger partial charge on any atom is 0.152 e. The highest BCUT2D eigenvalue weighted by molar-refractivity contribution is 7.92. The van der Waals surface area contributed by atoms with E-state index in [2.05, 4.69) is 0 Å². The van der Waals surface area contributed by atoms with Crippen LogP contribution in [0.3, 0.4) is 0 Å². The maximum atomic E-state index is 11.7. The fourth-order valence-electron chi connectivity index (χ4n) is 1.40. The van der Waals surface area contributed by atoms with Gasteiger partial charge in [0.2, 0.25) is 0 Å². The van der Waals surface area contributed by atoms with Crippen molar-refractivity contribution in [3.05, 3.63) is 0 Å². The van der Waals surface area contributed by atoms with Crippen LogP contribution in [0.5, 0.6) is 0 Å². The molecule has 0 saturated carbocycles. The van der Waals surface area contributed by atoms with E-state index in [9.17, 15) is 12.6 Å². The summed E-state index contributed by atoms with van der Waals surface area (Å²) in [4.78, 5) is 0. The van der Waals surface area contributed by atoms with Gasteiger partial charge in [0.15, 0.2) is 9.84 Å². The molecule has 1 N–H and O–H groups in total. The van der Waals surface area contributed by atoms with Crippen molar-refractivity contribution in [2.45, 2.75) is 13.3 Å². The van der Waals surface area contributed by atoms with E-state index in [1.807, 2.05) is 6.92 Å². The topological polar surface area (TPSA) is 78.3 Å². The molecular formula is C7H16N2O3S2. The molecule has 0 aromatic heterocycles. The zero-order valence-corrected chi connectivity index (χ0v) is 9.86. The number of nitrogens with zero attached hydrogens (tertiary/aromatic N) is 1. The average molecular weight is 240 g/mol. The Morgan fingerprint density at radius 1 is 1.36 bits per heavy atom. The van der Waals surface area contributed by atoms with Crippen LogP contribution in [0, 0.1) is 4.78 Å². The second kappa shape index (κ2) is 4.16. The monoisotopic (exact) mass is 240 g/mol. The minimum atomic E-state index is -2.94. The summed E-state index contributed by atoms with van der Waals surface area (Å²) in [5, 5.41) is 0. The third-order valence-corrected chi connectivity index (χ3v) is 5.97. The summed E-state index contributed by atoms with van der Waals surface area (Å²) in [5.41, 5.74) is 0. The minimum Gasteiger partial charge on any atom is -0.240 e. The Kier molecular flexibility index (Phi) is 3.54. The molecule has 0 spiro atoms. The summed E-state index contributed by atoms with van der Waals surface area (Å²) in [6.07, 6.45) is 0.686. The van der Waals surface area contributed by atoms with E-state index in [0.29, 0.717) is 12.2 Å². The molecule has 1 atom stereocenters. The van der Waals surface area contributed by atoms with Gasteiger partial charge in [0, 0.05) is 18.8 Å². The van der Waals surface area contributed by atoms with Gasteiger partial charge in [0.1, 0.15) is 9.92 Å². The maximum absolute atomic E-state index is 11.7.